The number of rotatable bonds is 0. The molecule has 0 aliphatic rings. The van der Waals surface area contributed by atoms with E-state index in [1.165, 1.54) is 0 Å². The summed E-state index contributed by atoms with van der Waals surface area (Å²) in [5.41, 5.74) is 0. The van der Waals surface area contributed by atoms with E-state index < -0.39 is 0 Å². The fourth-order valence-electron chi connectivity index (χ4n) is 0.144. The number of hydrogen-bond acceptors (Lipinski definition) is 0. The maximum absolute atomic E-state index is 3.01. The van der Waals surface area contributed by atoms with E-state index in [-0.39, 0.29) is 0 Å². The van der Waals surface area contributed by atoms with Crippen molar-refractivity contribution in [2.45, 2.75) is 13.3 Å². The summed E-state index contributed by atoms with van der Waals surface area (Å²) >= 11 is 2.69. The molecule has 0 aliphatic carbocycles. The van der Waals surface area contributed by atoms with E-state index in [2.05, 4.69) is 33.4 Å². The van der Waals surface area contributed by atoms with Gasteiger partial charge in [-0.25, -0.2) is 0 Å². The van der Waals surface area contributed by atoms with Gasteiger partial charge in [0, 0.05) is 0 Å². The summed E-state index contributed by atoms with van der Waals surface area (Å²) in [6.07, 6.45) is 1.01. The summed E-state index contributed by atoms with van der Waals surface area (Å²) in [4.78, 5) is 3.01. The van der Waals surface area contributed by atoms with Gasteiger partial charge in [0.15, 0.2) is 0 Å². The Kier molecular flexibility index (Phi) is 6.32. The summed E-state index contributed by atoms with van der Waals surface area (Å²) in [5, 5.41) is 0. The van der Waals surface area contributed by atoms with Crippen molar-refractivity contribution in [1.29, 1.82) is 0 Å². The predicted molar refractivity (Wildman–Crippen MR) is 29.6 cm³/mol. The van der Waals surface area contributed by atoms with E-state index in [9.17, 15) is 0 Å². The molecular formula is C4H5LiSe. The van der Waals surface area contributed by atoms with Crippen molar-refractivity contribution in [1.82, 2.24) is 0 Å². The minimum absolute atomic E-state index is 0.565. The third-order valence-corrected chi connectivity index (χ3v) is 1.08. The molecule has 0 radical (unpaired) electrons. The first kappa shape index (κ1) is 6.68. The normalized spacial score (nSPS) is 6.50. The Hall–Kier alpha value is 0.677. The zero-order chi connectivity index (χ0) is 4.83. The van der Waals surface area contributed by atoms with Gasteiger partial charge in [0.05, 0.1) is 0 Å². The van der Waals surface area contributed by atoms with Crippen LogP contribution in [0.4, 0.5) is 0 Å². The molecule has 0 aromatic heterocycles. The van der Waals surface area contributed by atoms with Crippen LogP contribution < -0.4 is 0 Å². The van der Waals surface area contributed by atoms with Gasteiger partial charge in [-0.05, 0) is 0 Å². The second-order valence-corrected chi connectivity index (χ2v) is 2.12. The van der Waals surface area contributed by atoms with Gasteiger partial charge in [-0.3, -0.25) is 0 Å². The van der Waals surface area contributed by atoms with Gasteiger partial charge in [0.1, 0.15) is 0 Å². The molecule has 6 heavy (non-hydrogen) atoms. The first-order chi connectivity index (χ1) is 2.91. The topological polar surface area (TPSA) is 0 Å². The van der Waals surface area contributed by atoms with Crippen LogP contribution in [0.1, 0.15) is 13.3 Å². The van der Waals surface area contributed by atoms with Gasteiger partial charge in [-0.1, -0.05) is 0 Å². The Labute approximate surface area is 52.7 Å². The van der Waals surface area contributed by atoms with Crippen LogP contribution in [0.2, 0.25) is 0 Å². The van der Waals surface area contributed by atoms with Crippen LogP contribution in [0.5, 0.6) is 0 Å². The molecule has 0 rings (SSSR count). The van der Waals surface area contributed by atoms with Gasteiger partial charge < -0.3 is 0 Å². The first-order valence-electron chi connectivity index (χ1n) is 1.92. The predicted octanol–water partition coefficient (Wildman–Crippen LogP) is 0.145. The summed E-state index contributed by atoms with van der Waals surface area (Å²) in [7, 11) is 0. The molecule has 0 bridgehead atoms. The third kappa shape index (κ3) is 4.68. The summed E-state index contributed by atoms with van der Waals surface area (Å²) in [6.45, 7) is 2.07. The van der Waals surface area contributed by atoms with Gasteiger partial charge in [0.25, 0.3) is 0 Å². The second-order valence-electron chi connectivity index (χ2n) is 0.837. The molecule has 0 aromatic rings. The molecule has 0 amide bonds. The van der Waals surface area contributed by atoms with Gasteiger partial charge in [-0.15, -0.1) is 0 Å². The molecule has 28 valence electrons. The molecule has 0 fully saturated rings. The van der Waals surface area contributed by atoms with Crippen LogP contribution >= 0.6 is 0 Å². The summed E-state index contributed by atoms with van der Waals surface area (Å²) in [5.74, 6) is 2.98. The van der Waals surface area contributed by atoms with Crippen molar-refractivity contribution < 1.29 is 0 Å². The Morgan fingerprint density at radius 2 is 2.50 bits per heavy atom. The van der Waals surface area contributed by atoms with E-state index in [1.54, 1.807) is 0 Å². The molecule has 0 N–H and O–H groups in total. The SMILES string of the molecule is [Li][Se]C#CCC. The van der Waals surface area contributed by atoms with Crippen LogP contribution in [0.25, 0.3) is 0 Å². The first-order valence-corrected chi connectivity index (χ1v) is 4.49. The average Bonchev–Trinajstić information content (AvgIpc) is 1.61. The van der Waals surface area contributed by atoms with Crippen LogP contribution in [-0.4, -0.2) is 28.5 Å². The van der Waals surface area contributed by atoms with E-state index in [0.717, 1.165) is 6.42 Å². The quantitative estimate of drug-likeness (QED) is 0.331. The van der Waals surface area contributed by atoms with Crippen LogP contribution in [0.15, 0.2) is 0 Å². The molecule has 0 heterocycles. The molecule has 0 spiro atoms. The van der Waals surface area contributed by atoms with Gasteiger partial charge >= 0.3 is 52.6 Å². The molecule has 0 nitrogen and oxygen atoms in total. The van der Waals surface area contributed by atoms with Crippen molar-refractivity contribution in [2.24, 2.45) is 0 Å². The third-order valence-electron chi connectivity index (χ3n) is 0.351. The van der Waals surface area contributed by atoms with E-state index in [1.807, 2.05) is 0 Å². The monoisotopic (exact) mass is 140 g/mol. The van der Waals surface area contributed by atoms with E-state index in [4.69, 9.17) is 0 Å². The second kappa shape index (κ2) is 5.68. The summed E-state index contributed by atoms with van der Waals surface area (Å²) in [6, 6.07) is 0. The van der Waals surface area contributed by atoms with Crippen molar-refractivity contribution in [2.75, 3.05) is 0 Å². The zero-order valence-corrected chi connectivity index (χ0v) is 5.83. The summed E-state index contributed by atoms with van der Waals surface area (Å²) < 4.78 is 0. The molecule has 0 atom stereocenters. The Morgan fingerprint density at radius 1 is 1.83 bits per heavy atom. The minimum atomic E-state index is 0.565. The Bertz CT molecular complexity index is 61.4. The average molecular weight is 139 g/mol. The molecule has 0 saturated heterocycles. The van der Waals surface area contributed by atoms with E-state index in [0.29, 0.717) is 12.8 Å². The molecule has 0 aromatic carbocycles. The standard InChI is InChI=1S/C4H6Se.Li/c1-2-3-4-5;/h5H,2H2,1H3;/q;+1/p-1. The molecule has 0 aliphatic heterocycles. The number of hydrogen-bond donors (Lipinski definition) is 0. The van der Waals surface area contributed by atoms with Crippen molar-refractivity contribution in [3.8, 4) is 10.7 Å². The molecular weight excluding hydrogens is 134 g/mol. The van der Waals surface area contributed by atoms with Crippen LogP contribution in [0, 0.1) is 10.7 Å². The van der Waals surface area contributed by atoms with Crippen molar-refractivity contribution in [3.63, 3.8) is 0 Å². The van der Waals surface area contributed by atoms with Crippen LogP contribution in [-0.2, 0) is 0 Å². The van der Waals surface area contributed by atoms with Crippen molar-refractivity contribution in [3.05, 3.63) is 0 Å². The molecule has 0 unspecified atom stereocenters. The fourth-order valence-corrected chi connectivity index (χ4v) is 0.750. The maximum atomic E-state index is 3.01. The molecule has 0 saturated carbocycles. The fraction of sp³-hybridized carbons (Fsp3) is 0.500. The van der Waals surface area contributed by atoms with Crippen molar-refractivity contribution >= 4 is 28.5 Å². The Balaban J connectivity index is 2.90. The van der Waals surface area contributed by atoms with Gasteiger partial charge in [-0.2, -0.15) is 0 Å². The van der Waals surface area contributed by atoms with Crippen LogP contribution in [0.3, 0.4) is 0 Å². The molecule has 2 heteroatoms. The Morgan fingerprint density at radius 3 is 2.67 bits per heavy atom. The van der Waals surface area contributed by atoms with E-state index >= 15 is 0 Å². The zero-order valence-electron chi connectivity index (χ0n) is 4.12. The van der Waals surface area contributed by atoms with Gasteiger partial charge in [0.2, 0.25) is 0 Å².